The minimum absolute atomic E-state index is 0.449. The van der Waals surface area contributed by atoms with Crippen molar-refractivity contribution in [2.45, 2.75) is 12.8 Å². The molecule has 2 aromatic rings. The van der Waals surface area contributed by atoms with Gasteiger partial charge in [-0.05, 0) is 12.1 Å². The van der Waals surface area contributed by atoms with Crippen LogP contribution < -0.4 is 0 Å². The molecule has 1 heterocycles. The van der Waals surface area contributed by atoms with Gasteiger partial charge in [0.25, 0.3) is 0 Å². The molecule has 19 heavy (non-hydrogen) atoms. The number of hydrogen-bond donors (Lipinski definition) is 2. The smallest absolute Gasteiger partial charge is 0.140 e. The van der Waals surface area contributed by atoms with Gasteiger partial charge in [-0.2, -0.15) is 4.80 Å². The summed E-state index contributed by atoms with van der Waals surface area (Å²) in [4.78, 5) is 1.44. The first kappa shape index (κ1) is 11.4. The second-order valence-electron chi connectivity index (χ2n) is 4.12. The third-order valence-electron chi connectivity index (χ3n) is 2.99. The van der Waals surface area contributed by atoms with E-state index in [9.17, 15) is 0 Å². The van der Waals surface area contributed by atoms with Gasteiger partial charge in [0.05, 0.1) is 5.69 Å². The summed E-state index contributed by atoms with van der Waals surface area (Å²) >= 11 is 0. The van der Waals surface area contributed by atoms with Crippen molar-refractivity contribution in [3.63, 3.8) is 0 Å². The van der Waals surface area contributed by atoms with Crippen LogP contribution in [-0.2, 0) is 0 Å². The van der Waals surface area contributed by atoms with Crippen molar-refractivity contribution in [2.75, 3.05) is 0 Å². The molecule has 2 N–H and O–H groups in total. The lowest BCUT2D eigenvalue weighted by Gasteiger charge is -2.09. The SMILES string of the molecule is O/N=C1\CC/C(=N\O)c2nn(-c3ccccc3)nc21. The molecule has 0 amide bonds. The largest absolute Gasteiger partial charge is 0.411 e. The second-order valence-corrected chi connectivity index (χ2v) is 4.12. The molecule has 7 heteroatoms. The second kappa shape index (κ2) is 4.52. The molecule has 0 spiro atoms. The van der Waals surface area contributed by atoms with Crippen molar-refractivity contribution >= 4 is 11.4 Å². The quantitative estimate of drug-likeness (QED) is 0.596. The van der Waals surface area contributed by atoms with E-state index in [0.717, 1.165) is 5.69 Å². The molecule has 3 rings (SSSR count). The minimum Gasteiger partial charge on any atom is -0.411 e. The van der Waals surface area contributed by atoms with E-state index in [-0.39, 0.29) is 0 Å². The van der Waals surface area contributed by atoms with Crippen LogP contribution >= 0.6 is 0 Å². The van der Waals surface area contributed by atoms with Gasteiger partial charge in [-0.25, -0.2) is 0 Å². The monoisotopic (exact) mass is 257 g/mol. The Hall–Kier alpha value is -2.70. The van der Waals surface area contributed by atoms with E-state index >= 15 is 0 Å². The molecule has 0 bridgehead atoms. The van der Waals surface area contributed by atoms with Crippen LogP contribution in [0, 0.1) is 0 Å². The van der Waals surface area contributed by atoms with Crippen LogP contribution in [0.3, 0.4) is 0 Å². The molecule has 0 atom stereocenters. The predicted octanol–water partition coefficient (Wildman–Crippen LogP) is 1.42. The Balaban J connectivity index is 2.15. The fourth-order valence-electron chi connectivity index (χ4n) is 2.04. The number of aromatic nitrogens is 3. The zero-order valence-corrected chi connectivity index (χ0v) is 9.93. The van der Waals surface area contributed by atoms with Crippen molar-refractivity contribution in [2.24, 2.45) is 10.3 Å². The van der Waals surface area contributed by atoms with Crippen LogP contribution in [0.25, 0.3) is 5.69 Å². The summed E-state index contributed by atoms with van der Waals surface area (Å²) in [5, 5.41) is 33.0. The fourth-order valence-corrected chi connectivity index (χ4v) is 2.04. The lowest BCUT2D eigenvalue weighted by Crippen LogP contribution is -2.18. The maximum absolute atomic E-state index is 8.99. The van der Waals surface area contributed by atoms with E-state index in [0.29, 0.717) is 35.7 Å². The first-order valence-corrected chi connectivity index (χ1v) is 5.79. The molecular formula is C12H11N5O2. The highest BCUT2D eigenvalue weighted by Gasteiger charge is 2.27. The molecule has 96 valence electrons. The Bertz CT molecular complexity index is 623. The molecule has 1 aliphatic carbocycles. The zero-order valence-electron chi connectivity index (χ0n) is 9.93. The van der Waals surface area contributed by atoms with Crippen molar-refractivity contribution in [1.82, 2.24) is 15.0 Å². The number of para-hydroxylation sites is 1. The molecule has 1 aliphatic rings. The number of fused-ring (bicyclic) bond motifs is 1. The molecule has 0 fully saturated rings. The molecule has 0 unspecified atom stereocenters. The van der Waals surface area contributed by atoms with Gasteiger partial charge >= 0.3 is 0 Å². The average molecular weight is 257 g/mol. The molecule has 7 nitrogen and oxygen atoms in total. The van der Waals surface area contributed by atoms with Gasteiger partial charge in [-0.3, -0.25) is 0 Å². The summed E-state index contributed by atoms with van der Waals surface area (Å²) in [6.45, 7) is 0. The Kier molecular flexibility index (Phi) is 2.71. The van der Waals surface area contributed by atoms with E-state index in [4.69, 9.17) is 10.4 Å². The Morgan fingerprint density at radius 3 is 1.89 bits per heavy atom. The van der Waals surface area contributed by atoms with Crippen LogP contribution in [-0.4, -0.2) is 36.8 Å². The highest BCUT2D eigenvalue weighted by Crippen LogP contribution is 2.20. The van der Waals surface area contributed by atoms with Crippen molar-refractivity contribution in [1.29, 1.82) is 0 Å². The number of hydrogen-bond acceptors (Lipinski definition) is 6. The summed E-state index contributed by atoms with van der Waals surface area (Å²) in [5.41, 5.74) is 2.58. The van der Waals surface area contributed by atoms with Gasteiger partial charge in [0, 0.05) is 12.8 Å². The Morgan fingerprint density at radius 2 is 1.42 bits per heavy atom. The van der Waals surface area contributed by atoms with Gasteiger partial charge in [0.1, 0.15) is 22.8 Å². The molecule has 0 radical (unpaired) electrons. The van der Waals surface area contributed by atoms with E-state index < -0.39 is 0 Å². The van der Waals surface area contributed by atoms with E-state index in [1.54, 1.807) is 0 Å². The van der Waals surface area contributed by atoms with Crippen molar-refractivity contribution in [3.8, 4) is 5.69 Å². The van der Waals surface area contributed by atoms with Crippen LogP contribution in [0.15, 0.2) is 40.6 Å². The maximum Gasteiger partial charge on any atom is 0.140 e. The highest BCUT2D eigenvalue weighted by molar-refractivity contribution is 6.15. The Morgan fingerprint density at radius 1 is 0.895 bits per heavy atom. The summed E-state index contributed by atoms with van der Waals surface area (Å²) in [5.74, 6) is 0. The predicted molar refractivity (Wildman–Crippen MR) is 67.2 cm³/mol. The lowest BCUT2D eigenvalue weighted by atomic mass is 9.97. The normalized spacial score (nSPS) is 18.7. The fraction of sp³-hybridized carbons (Fsp3) is 0.167. The van der Waals surface area contributed by atoms with Gasteiger partial charge in [-0.15, -0.1) is 10.2 Å². The molecule has 0 saturated carbocycles. The van der Waals surface area contributed by atoms with E-state index in [1.807, 2.05) is 30.3 Å². The highest BCUT2D eigenvalue weighted by atomic mass is 16.4. The molecule has 1 aromatic heterocycles. The van der Waals surface area contributed by atoms with E-state index in [1.165, 1.54) is 4.80 Å². The zero-order chi connectivity index (χ0) is 13.2. The summed E-state index contributed by atoms with van der Waals surface area (Å²) in [6.07, 6.45) is 0.937. The maximum atomic E-state index is 8.99. The summed E-state index contributed by atoms with van der Waals surface area (Å²) in [7, 11) is 0. The first-order valence-electron chi connectivity index (χ1n) is 5.79. The van der Waals surface area contributed by atoms with Gasteiger partial charge < -0.3 is 10.4 Å². The number of nitrogens with zero attached hydrogens (tertiary/aromatic N) is 5. The summed E-state index contributed by atoms with van der Waals surface area (Å²) in [6, 6.07) is 9.36. The topological polar surface area (TPSA) is 95.9 Å². The first-order chi connectivity index (χ1) is 9.33. The standard InChI is InChI=1S/C12H11N5O2/c18-15-9-6-7-10(16-19)12-11(9)13-17(14-12)8-4-2-1-3-5-8/h1-5,18-19H,6-7H2/b15-9+,16-10+. The van der Waals surface area contributed by atoms with Crippen molar-refractivity contribution < 1.29 is 10.4 Å². The third-order valence-corrected chi connectivity index (χ3v) is 2.99. The molecule has 1 aromatic carbocycles. The molecule has 0 aliphatic heterocycles. The van der Waals surface area contributed by atoms with Gasteiger partial charge in [-0.1, -0.05) is 28.5 Å². The lowest BCUT2D eigenvalue weighted by molar-refractivity contribution is 0.315. The third kappa shape index (κ3) is 1.85. The van der Waals surface area contributed by atoms with Gasteiger partial charge in [0.2, 0.25) is 0 Å². The number of rotatable bonds is 1. The molecular weight excluding hydrogens is 246 g/mol. The minimum atomic E-state index is 0.449. The number of oxime groups is 2. The van der Waals surface area contributed by atoms with Crippen LogP contribution in [0.4, 0.5) is 0 Å². The Labute approximate surface area is 108 Å². The average Bonchev–Trinajstić information content (AvgIpc) is 2.92. The van der Waals surface area contributed by atoms with E-state index in [2.05, 4.69) is 20.5 Å². The van der Waals surface area contributed by atoms with Crippen LogP contribution in [0.1, 0.15) is 24.2 Å². The molecule has 0 saturated heterocycles. The van der Waals surface area contributed by atoms with Crippen LogP contribution in [0.2, 0.25) is 0 Å². The van der Waals surface area contributed by atoms with Gasteiger partial charge in [0.15, 0.2) is 0 Å². The summed E-state index contributed by atoms with van der Waals surface area (Å²) < 4.78 is 0. The number of benzene rings is 1. The van der Waals surface area contributed by atoms with Crippen LogP contribution in [0.5, 0.6) is 0 Å². The van der Waals surface area contributed by atoms with Crippen molar-refractivity contribution in [3.05, 3.63) is 41.7 Å².